The van der Waals surface area contributed by atoms with E-state index >= 15 is 0 Å². The number of oxazole rings is 1. The standard InChI is InChI=1S/C23H22N2O2/c1-2-26-18-11-12-19-20(13-18)25(17-9-6-10-17)23(16-7-4-3-5-8-16)22(19)21-14-24-15-27-21/h3-5,7-8,11-15,17H,2,6,9-10H2,1H3. The molecule has 27 heavy (non-hydrogen) atoms. The molecule has 2 aromatic heterocycles. The van der Waals surface area contributed by atoms with Crippen molar-refractivity contribution in [2.75, 3.05) is 6.61 Å². The maximum absolute atomic E-state index is 5.80. The molecule has 4 heteroatoms. The van der Waals surface area contributed by atoms with Crippen LogP contribution in [0.4, 0.5) is 0 Å². The Morgan fingerprint density at radius 3 is 2.67 bits per heavy atom. The molecule has 0 unspecified atom stereocenters. The van der Waals surface area contributed by atoms with E-state index in [9.17, 15) is 0 Å². The van der Waals surface area contributed by atoms with Crippen LogP contribution in [0.2, 0.25) is 0 Å². The Balaban J connectivity index is 1.87. The molecule has 0 spiro atoms. The number of benzene rings is 2. The third-order valence-electron chi connectivity index (χ3n) is 5.45. The zero-order valence-corrected chi connectivity index (χ0v) is 15.4. The molecular weight excluding hydrogens is 336 g/mol. The maximum Gasteiger partial charge on any atom is 0.181 e. The van der Waals surface area contributed by atoms with Gasteiger partial charge in [0.25, 0.3) is 0 Å². The molecule has 1 fully saturated rings. The lowest BCUT2D eigenvalue weighted by Crippen LogP contribution is -2.17. The van der Waals surface area contributed by atoms with Gasteiger partial charge in [0.15, 0.2) is 12.2 Å². The Morgan fingerprint density at radius 1 is 1.15 bits per heavy atom. The van der Waals surface area contributed by atoms with Gasteiger partial charge in [0, 0.05) is 17.5 Å². The SMILES string of the molecule is CCOc1ccc2c(-c3cnco3)c(-c3ccccc3)n(C3CCC3)c2c1. The summed E-state index contributed by atoms with van der Waals surface area (Å²) in [7, 11) is 0. The Kier molecular flexibility index (Phi) is 3.97. The van der Waals surface area contributed by atoms with E-state index in [1.807, 2.05) is 19.2 Å². The highest BCUT2D eigenvalue weighted by molar-refractivity contribution is 6.04. The molecule has 2 heterocycles. The second kappa shape index (κ2) is 6.62. The van der Waals surface area contributed by atoms with Crippen LogP contribution in [0.15, 0.2) is 65.5 Å². The molecule has 1 saturated carbocycles. The number of rotatable bonds is 5. The van der Waals surface area contributed by atoms with Gasteiger partial charge in [-0.15, -0.1) is 0 Å². The van der Waals surface area contributed by atoms with Gasteiger partial charge in [-0.3, -0.25) is 0 Å². The summed E-state index contributed by atoms with van der Waals surface area (Å²) < 4.78 is 14.0. The number of aromatic nitrogens is 2. The zero-order chi connectivity index (χ0) is 18.2. The van der Waals surface area contributed by atoms with Crippen LogP contribution < -0.4 is 4.74 Å². The van der Waals surface area contributed by atoms with Gasteiger partial charge in [-0.2, -0.15) is 0 Å². The van der Waals surface area contributed by atoms with E-state index in [0.717, 1.165) is 17.1 Å². The highest BCUT2D eigenvalue weighted by Crippen LogP contribution is 2.47. The lowest BCUT2D eigenvalue weighted by atomic mass is 9.92. The Hall–Kier alpha value is -3.01. The minimum absolute atomic E-state index is 0.510. The van der Waals surface area contributed by atoms with Gasteiger partial charge in [-0.05, 0) is 43.9 Å². The summed E-state index contributed by atoms with van der Waals surface area (Å²) in [4.78, 5) is 4.17. The maximum atomic E-state index is 5.80. The topological polar surface area (TPSA) is 40.2 Å². The van der Waals surface area contributed by atoms with Crippen molar-refractivity contribution < 1.29 is 9.15 Å². The molecule has 136 valence electrons. The van der Waals surface area contributed by atoms with Crippen molar-refractivity contribution in [1.82, 2.24) is 9.55 Å². The van der Waals surface area contributed by atoms with Crippen LogP contribution in [0, 0.1) is 0 Å². The minimum atomic E-state index is 0.510. The van der Waals surface area contributed by atoms with Crippen molar-refractivity contribution in [3.05, 3.63) is 61.1 Å². The van der Waals surface area contributed by atoms with Gasteiger partial charge in [-0.1, -0.05) is 30.3 Å². The van der Waals surface area contributed by atoms with Crippen molar-refractivity contribution in [2.24, 2.45) is 0 Å². The highest BCUT2D eigenvalue weighted by Gasteiger charge is 2.29. The number of nitrogens with zero attached hydrogens (tertiary/aromatic N) is 2. The van der Waals surface area contributed by atoms with Crippen molar-refractivity contribution >= 4 is 10.9 Å². The van der Waals surface area contributed by atoms with Crippen LogP contribution in [0.5, 0.6) is 5.75 Å². The molecule has 4 nitrogen and oxygen atoms in total. The first-order valence-electron chi connectivity index (χ1n) is 9.62. The van der Waals surface area contributed by atoms with Crippen LogP contribution in [-0.4, -0.2) is 16.2 Å². The van der Waals surface area contributed by atoms with E-state index < -0.39 is 0 Å². The summed E-state index contributed by atoms with van der Waals surface area (Å²) in [5.41, 5.74) is 4.73. The molecule has 5 rings (SSSR count). The van der Waals surface area contributed by atoms with Gasteiger partial charge in [-0.25, -0.2) is 4.98 Å². The van der Waals surface area contributed by atoms with E-state index in [2.05, 4.69) is 52.0 Å². The largest absolute Gasteiger partial charge is 0.494 e. The first-order valence-corrected chi connectivity index (χ1v) is 9.62. The fourth-order valence-electron chi connectivity index (χ4n) is 4.04. The van der Waals surface area contributed by atoms with E-state index in [1.165, 1.54) is 47.8 Å². The second-order valence-electron chi connectivity index (χ2n) is 7.02. The van der Waals surface area contributed by atoms with Gasteiger partial charge in [0.05, 0.1) is 29.6 Å². The van der Waals surface area contributed by atoms with Gasteiger partial charge < -0.3 is 13.7 Å². The van der Waals surface area contributed by atoms with Crippen molar-refractivity contribution in [3.8, 4) is 28.3 Å². The summed E-state index contributed by atoms with van der Waals surface area (Å²) in [6, 6.07) is 17.5. The summed E-state index contributed by atoms with van der Waals surface area (Å²) >= 11 is 0. The zero-order valence-electron chi connectivity index (χ0n) is 15.4. The summed E-state index contributed by atoms with van der Waals surface area (Å²) in [5, 5.41) is 1.18. The second-order valence-corrected chi connectivity index (χ2v) is 7.02. The molecule has 0 radical (unpaired) electrons. The molecule has 2 aromatic carbocycles. The van der Waals surface area contributed by atoms with Crippen molar-refractivity contribution in [1.29, 1.82) is 0 Å². The van der Waals surface area contributed by atoms with Crippen molar-refractivity contribution in [2.45, 2.75) is 32.2 Å². The molecule has 1 aliphatic rings. The van der Waals surface area contributed by atoms with Crippen LogP contribution >= 0.6 is 0 Å². The third-order valence-corrected chi connectivity index (χ3v) is 5.45. The highest BCUT2D eigenvalue weighted by atomic mass is 16.5. The molecule has 0 bridgehead atoms. The average Bonchev–Trinajstić information content (AvgIpc) is 3.28. The Labute approximate surface area is 158 Å². The van der Waals surface area contributed by atoms with E-state index in [-0.39, 0.29) is 0 Å². The fraction of sp³-hybridized carbons (Fsp3) is 0.261. The monoisotopic (exact) mass is 358 g/mol. The Morgan fingerprint density at radius 2 is 2.00 bits per heavy atom. The van der Waals surface area contributed by atoms with Crippen LogP contribution in [-0.2, 0) is 0 Å². The van der Waals surface area contributed by atoms with Crippen LogP contribution in [0.25, 0.3) is 33.5 Å². The lowest BCUT2D eigenvalue weighted by Gasteiger charge is -2.30. The van der Waals surface area contributed by atoms with Crippen molar-refractivity contribution in [3.63, 3.8) is 0 Å². The van der Waals surface area contributed by atoms with E-state index in [0.29, 0.717) is 12.6 Å². The molecular formula is C23H22N2O2. The minimum Gasteiger partial charge on any atom is -0.494 e. The van der Waals surface area contributed by atoms with Crippen LogP contribution in [0.3, 0.4) is 0 Å². The lowest BCUT2D eigenvalue weighted by molar-refractivity contribution is 0.323. The smallest absolute Gasteiger partial charge is 0.181 e. The predicted octanol–water partition coefficient (Wildman–Crippen LogP) is 6.09. The molecule has 0 N–H and O–H groups in total. The molecule has 0 saturated heterocycles. The van der Waals surface area contributed by atoms with Gasteiger partial charge >= 0.3 is 0 Å². The van der Waals surface area contributed by atoms with Gasteiger partial charge in [0.2, 0.25) is 0 Å². The van der Waals surface area contributed by atoms with E-state index in [1.54, 1.807) is 0 Å². The number of ether oxygens (including phenoxy) is 1. The summed E-state index contributed by atoms with van der Waals surface area (Å²) in [6.45, 7) is 2.68. The quantitative estimate of drug-likeness (QED) is 0.433. The molecule has 0 amide bonds. The third kappa shape index (κ3) is 2.64. The normalized spacial score (nSPS) is 14.4. The molecule has 4 aromatic rings. The molecule has 0 aliphatic heterocycles. The summed E-state index contributed by atoms with van der Waals surface area (Å²) in [5.74, 6) is 1.72. The first-order chi connectivity index (χ1) is 13.4. The average molecular weight is 358 g/mol. The summed E-state index contributed by atoms with van der Waals surface area (Å²) in [6.07, 6.45) is 7.01. The molecule has 0 atom stereocenters. The van der Waals surface area contributed by atoms with Crippen LogP contribution in [0.1, 0.15) is 32.2 Å². The number of fused-ring (bicyclic) bond motifs is 1. The number of hydrogen-bond acceptors (Lipinski definition) is 3. The Bertz CT molecular complexity index is 1060. The van der Waals surface area contributed by atoms with E-state index in [4.69, 9.17) is 9.15 Å². The fourth-order valence-corrected chi connectivity index (χ4v) is 4.04. The first kappa shape index (κ1) is 16.2. The molecule has 1 aliphatic carbocycles. The predicted molar refractivity (Wildman–Crippen MR) is 107 cm³/mol. The van der Waals surface area contributed by atoms with Gasteiger partial charge in [0.1, 0.15) is 5.75 Å². The number of hydrogen-bond donors (Lipinski definition) is 0.